The van der Waals surface area contributed by atoms with E-state index in [4.69, 9.17) is 0 Å². The van der Waals surface area contributed by atoms with Gasteiger partial charge in [0, 0.05) is 0 Å². The van der Waals surface area contributed by atoms with Crippen LogP contribution >= 0.6 is 12.6 Å². The summed E-state index contributed by atoms with van der Waals surface area (Å²) >= 11 is 4.32. The number of hydrogen-bond acceptors (Lipinski definition) is 1. The second-order valence-corrected chi connectivity index (χ2v) is 2.59. The maximum atomic E-state index is 4.32. The summed E-state index contributed by atoms with van der Waals surface area (Å²) in [4.78, 5) is 0. The summed E-state index contributed by atoms with van der Waals surface area (Å²) in [5.74, 6) is 0. The molecule has 0 nitrogen and oxygen atoms in total. The Bertz CT molecular complexity index is 191. The van der Waals surface area contributed by atoms with E-state index in [1.807, 2.05) is 0 Å². The third-order valence-electron chi connectivity index (χ3n) is 1.54. The van der Waals surface area contributed by atoms with Crippen LogP contribution in [0.2, 0.25) is 0 Å². The molecular formula is C7H6S. The number of benzene rings is 1. The van der Waals surface area contributed by atoms with Crippen molar-refractivity contribution in [3.05, 3.63) is 35.4 Å². The van der Waals surface area contributed by atoms with Gasteiger partial charge in [-0.1, -0.05) is 24.3 Å². The quantitative estimate of drug-likeness (QED) is 0.500. The van der Waals surface area contributed by atoms with Crippen LogP contribution in [0, 0.1) is 0 Å². The predicted molar refractivity (Wildman–Crippen MR) is 37.3 cm³/mol. The zero-order valence-corrected chi connectivity index (χ0v) is 5.23. The fourth-order valence-corrected chi connectivity index (χ4v) is 1.32. The summed E-state index contributed by atoms with van der Waals surface area (Å²) in [5.41, 5.74) is 2.71. The molecular weight excluding hydrogens is 116 g/mol. The highest BCUT2D eigenvalue weighted by atomic mass is 32.1. The Balaban J connectivity index is 2.64. The molecule has 40 valence electrons. The minimum atomic E-state index is 0.431. The Labute approximate surface area is 53.9 Å². The first-order chi connectivity index (χ1) is 3.88. The lowest BCUT2D eigenvalue weighted by Gasteiger charge is -2.21. The SMILES string of the molecule is SC1c2cccc1c2. The van der Waals surface area contributed by atoms with E-state index in [9.17, 15) is 0 Å². The molecule has 0 radical (unpaired) electrons. The molecule has 2 aliphatic carbocycles. The van der Waals surface area contributed by atoms with E-state index in [1.54, 1.807) is 0 Å². The highest BCUT2D eigenvalue weighted by Gasteiger charge is 2.17. The normalized spacial score (nSPS) is 15.6. The average molecular weight is 122 g/mol. The first-order valence-corrected chi connectivity index (χ1v) is 3.17. The Morgan fingerprint density at radius 3 is 2.12 bits per heavy atom. The second-order valence-electron chi connectivity index (χ2n) is 2.07. The van der Waals surface area contributed by atoms with E-state index in [0.29, 0.717) is 5.25 Å². The van der Waals surface area contributed by atoms with Crippen LogP contribution in [-0.2, 0) is 0 Å². The van der Waals surface area contributed by atoms with Crippen LogP contribution in [0.3, 0.4) is 0 Å². The first kappa shape index (κ1) is 4.45. The van der Waals surface area contributed by atoms with Crippen LogP contribution in [-0.4, -0.2) is 0 Å². The van der Waals surface area contributed by atoms with Gasteiger partial charge in [0.2, 0.25) is 0 Å². The minimum Gasteiger partial charge on any atom is -0.166 e. The fourth-order valence-electron chi connectivity index (χ4n) is 0.995. The van der Waals surface area contributed by atoms with Gasteiger partial charge in [0.15, 0.2) is 0 Å². The number of thiol groups is 1. The molecule has 1 aromatic carbocycles. The standard InChI is InChI=1S/C7H6S/c8-7-5-2-1-3-6(7)4-5/h1-4,7-8H. The first-order valence-electron chi connectivity index (χ1n) is 2.66. The van der Waals surface area contributed by atoms with Gasteiger partial charge in [-0.25, -0.2) is 0 Å². The van der Waals surface area contributed by atoms with Crippen molar-refractivity contribution < 1.29 is 0 Å². The second kappa shape index (κ2) is 1.29. The summed E-state index contributed by atoms with van der Waals surface area (Å²) in [5, 5.41) is 0.431. The molecule has 0 amide bonds. The lowest BCUT2D eigenvalue weighted by atomic mass is 9.93. The lowest BCUT2D eigenvalue weighted by molar-refractivity contribution is 1.07. The van der Waals surface area contributed by atoms with Crippen molar-refractivity contribution in [2.24, 2.45) is 0 Å². The van der Waals surface area contributed by atoms with Gasteiger partial charge >= 0.3 is 0 Å². The van der Waals surface area contributed by atoms with Gasteiger partial charge in [0.1, 0.15) is 0 Å². The largest absolute Gasteiger partial charge is 0.166 e. The van der Waals surface area contributed by atoms with Crippen LogP contribution < -0.4 is 0 Å². The van der Waals surface area contributed by atoms with Gasteiger partial charge in [0.25, 0.3) is 0 Å². The molecule has 3 rings (SSSR count). The molecule has 0 aromatic heterocycles. The molecule has 8 heavy (non-hydrogen) atoms. The van der Waals surface area contributed by atoms with Crippen LogP contribution in [0.1, 0.15) is 16.4 Å². The minimum absolute atomic E-state index is 0.431. The summed E-state index contributed by atoms with van der Waals surface area (Å²) in [6, 6.07) is 8.43. The van der Waals surface area contributed by atoms with Crippen molar-refractivity contribution >= 4 is 12.6 Å². The Morgan fingerprint density at radius 2 is 1.88 bits per heavy atom. The van der Waals surface area contributed by atoms with Crippen LogP contribution in [0.4, 0.5) is 0 Å². The van der Waals surface area contributed by atoms with E-state index in [2.05, 4.69) is 36.9 Å². The average Bonchev–Trinajstić information content (AvgIpc) is 1.89. The molecule has 0 spiro atoms. The van der Waals surface area contributed by atoms with E-state index in [-0.39, 0.29) is 0 Å². The molecule has 2 aliphatic rings. The van der Waals surface area contributed by atoms with E-state index in [0.717, 1.165) is 0 Å². The van der Waals surface area contributed by atoms with Crippen molar-refractivity contribution in [2.75, 3.05) is 0 Å². The predicted octanol–water partition coefficient (Wildman–Crippen LogP) is 2.02. The zero-order chi connectivity index (χ0) is 5.56. The van der Waals surface area contributed by atoms with Gasteiger partial charge in [0.05, 0.1) is 5.25 Å². The maximum Gasteiger partial charge on any atom is 0.0516 e. The summed E-state index contributed by atoms with van der Waals surface area (Å²) in [6.45, 7) is 0. The summed E-state index contributed by atoms with van der Waals surface area (Å²) in [7, 11) is 0. The van der Waals surface area contributed by atoms with Crippen LogP contribution in [0.15, 0.2) is 24.3 Å². The Kier molecular flexibility index (Phi) is 0.717. The highest BCUT2D eigenvalue weighted by Crippen LogP contribution is 2.37. The van der Waals surface area contributed by atoms with Crippen molar-refractivity contribution in [3.8, 4) is 0 Å². The number of fused-ring (bicyclic) bond motifs is 2. The Morgan fingerprint density at radius 1 is 1.25 bits per heavy atom. The third-order valence-corrected chi connectivity index (χ3v) is 2.14. The molecule has 0 saturated heterocycles. The van der Waals surface area contributed by atoms with Gasteiger partial charge in [-0.3, -0.25) is 0 Å². The third kappa shape index (κ3) is 0.377. The molecule has 0 atom stereocenters. The fraction of sp³-hybridized carbons (Fsp3) is 0.143. The van der Waals surface area contributed by atoms with Gasteiger partial charge in [-0.2, -0.15) is 12.6 Å². The van der Waals surface area contributed by atoms with E-state index < -0.39 is 0 Å². The molecule has 0 unspecified atom stereocenters. The maximum absolute atomic E-state index is 4.32. The van der Waals surface area contributed by atoms with Crippen molar-refractivity contribution in [2.45, 2.75) is 5.25 Å². The number of rotatable bonds is 0. The van der Waals surface area contributed by atoms with Crippen LogP contribution in [0.25, 0.3) is 0 Å². The van der Waals surface area contributed by atoms with Gasteiger partial charge in [-0.15, -0.1) is 0 Å². The summed E-state index contributed by atoms with van der Waals surface area (Å²) < 4.78 is 0. The lowest BCUT2D eigenvalue weighted by Crippen LogP contribution is -2.03. The smallest absolute Gasteiger partial charge is 0.0516 e. The molecule has 1 heteroatoms. The highest BCUT2D eigenvalue weighted by molar-refractivity contribution is 7.80. The zero-order valence-electron chi connectivity index (χ0n) is 4.33. The number of hydrogen-bond donors (Lipinski definition) is 1. The summed E-state index contributed by atoms with van der Waals surface area (Å²) in [6.07, 6.45) is 0. The molecule has 0 aliphatic heterocycles. The topological polar surface area (TPSA) is 0 Å². The Hall–Kier alpha value is -0.430. The van der Waals surface area contributed by atoms with Gasteiger partial charge in [-0.05, 0) is 11.1 Å². The molecule has 0 fully saturated rings. The van der Waals surface area contributed by atoms with E-state index >= 15 is 0 Å². The van der Waals surface area contributed by atoms with Crippen LogP contribution in [0.5, 0.6) is 0 Å². The monoisotopic (exact) mass is 122 g/mol. The molecule has 0 heterocycles. The molecule has 0 N–H and O–H groups in total. The van der Waals surface area contributed by atoms with Crippen molar-refractivity contribution in [1.29, 1.82) is 0 Å². The molecule has 1 aromatic rings. The van der Waals surface area contributed by atoms with Gasteiger partial charge < -0.3 is 0 Å². The van der Waals surface area contributed by atoms with Crippen molar-refractivity contribution in [1.82, 2.24) is 0 Å². The molecule has 0 saturated carbocycles. The van der Waals surface area contributed by atoms with Crippen molar-refractivity contribution in [3.63, 3.8) is 0 Å². The van der Waals surface area contributed by atoms with E-state index in [1.165, 1.54) is 11.1 Å². The molecule has 2 bridgehead atoms.